The van der Waals surface area contributed by atoms with E-state index in [4.69, 9.17) is 14.2 Å². The number of sulfonamides is 1. The number of nitrogens with zero attached hydrogens (tertiary/aromatic N) is 1. The molecule has 3 rings (SSSR count). The van der Waals surface area contributed by atoms with E-state index < -0.39 is 16.0 Å². The molecule has 0 amide bonds. The quantitative estimate of drug-likeness (QED) is 0.468. The van der Waals surface area contributed by atoms with Gasteiger partial charge in [-0.25, -0.2) is 13.2 Å². The van der Waals surface area contributed by atoms with Gasteiger partial charge in [-0.15, -0.1) is 0 Å². The van der Waals surface area contributed by atoms with Gasteiger partial charge in [-0.05, 0) is 68.3 Å². The zero-order chi connectivity index (χ0) is 21.6. The lowest BCUT2D eigenvalue weighted by Gasteiger charge is -2.32. The lowest BCUT2D eigenvalue weighted by atomic mass is 10.1. The highest BCUT2D eigenvalue weighted by Crippen LogP contribution is 2.25. The van der Waals surface area contributed by atoms with Gasteiger partial charge in [-0.3, -0.25) is 0 Å². The molecule has 2 aromatic carbocycles. The highest BCUT2D eigenvalue weighted by Gasteiger charge is 2.30. The molecular formula is C22H27NO6S. The van der Waals surface area contributed by atoms with Gasteiger partial charge in [-0.1, -0.05) is 6.42 Å². The Kier molecular flexibility index (Phi) is 7.33. The number of benzene rings is 2. The fourth-order valence-electron chi connectivity index (χ4n) is 3.38. The predicted molar refractivity (Wildman–Crippen MR) is 112 cm³/mol. The molecule has 2 aromatic rings. The Morgan fingerprint density at radius 2 is 1.67 bits per heavy atom. The average molecular weight is 434 g/mol. The van der Waals surface area contributed by atoms with Crippen LogP contribution in [0.2, 0.25) is 0 Å². The van der Waals surface area contributed by atoms with Crippen LogP contribution < -0.4 is 9.47 Å². The topological polar surface area (TPSA) is 82.1 Å². The second-order valence-electron chi connectivity index (χ2n) is 7.14. The SMILES string of the molecule is COc1ccc(OCCOC(=O)c2ccc(S(=O)(=O)N3CCCCC3C)cc2)cc1. The van der Waals surface area contributed by atoms with Crippen molar-refractivity contribution in [2.75, 3.05) is 26.9 Å². The third kappa shape index (κ3) is 5.31. The summed E-state index contributed by atoms with van der Waals surface area (Å²) in [5.74, 6) is 0.853. The third-order valence-electron chi connectivity index (χ3n) is 5.08. The molecule has 1 atom stereocenters. The van der Waals surface area contributed by atoms with Crippen molar-refractivity contribution >= 4 is 16.0 Å². The number of methoxy groups -OCH3 is 1. The number of hydrogen-bond acceptors (Lipinski definition) is 6. The van der Waals surface area contributed by atoms with Crippen molar-refractivity contribution in [1.29, 1.82) is 0 Å². The Morgan fingerprint density at radius 3 is 2.30 bits per heavy atom. The molecule has 1 heterocycles. The van der Waals surface area contributed by atoms with E-state index in [1.807, 2.05) is 6.92 Å². The highest BCUT2D eigenvalue weighted by atomic mass is 32.2. The first kappa shape index (κ1) is 22.1. The molecule has 162 valence electrons. The Balaban J connectivity index is 1.51. The van der Waals surface area contributed by atoms with Crippen molar-refractivity contribution in [2.24, 2.45) is 0 Å². The van der Waals surface area contributed by atoms with Crippen molar-refractivity contribution in [3.05, 3.63) is 54.1 Å². The average Bonchev–Trinajstić information content (AvgIpc) is 2.77. The van der Waals surface area contributed by atoms with Gasteiger partial charge in [0.15, 0.2) is 0 Å². The molecule has 1 unspecified atom stereocenters. The molecule has 0 aromatic heterocycles. The predicted octanol–water partition coefficient (Wildman–Crippen LogP) is 3.49. The molecule has 1 aliphatic rings. The van der Waals surface area contributed by atoms with Gasteiger partial charge in [0.1, 0.15) is 24.7 Å². The number of carbonyl (C=O) groups excluding carboxylic acids is 1. The minimum absolute atomic E-state index is 0.0147. The normalized spacial score (nSPS) is 17.3. The van der Waals surface area contributed by atoms with E-state index in [0.29, 0.717) is 17.9 Å². The molecule has 0 bridgehead atoms. The van der Waals surface area contributed by atoms with Crippen LogP contribution in [0, 0.1) is 0 Å². The monoisotopic (exact) mass is 433 g/mol. The van der Waals surface area contributed by atoms with Crippen LogP contribution in [0.4, 0.5) is 0 Å². The van der Waals surface area contributed by atoms with Crippen molar-refractivity contribution < 1.29 is 27.4 Å². The molecule has 0 radical (unpaired) electrons. The van der Waals surface area contributed by atoms with E-state index in [2.05, 4.69) is 0 Å². The zero-order valence-electron chi connectivity index (χ0n) is 17.2. The third-order valence-corrected chi connectivity index (χ3v) is 7.11. The van der Waals surface area contributed by atoms with E-state index in [0.717, 1.165) is 25.0 Å². The fraction of sp³-hybridized carbons (Fsp3) is 0.409. The Labute approximate surface area is 177 Å². The summed E-state index contributed by atoms with van der Waals surface area (Å²) < 4.78 is 43.0. The van der Waals surface area contributed by atoms with Gasteiger partial charge in [0.25, 0.3) is 0 Å². The van der Waals surface area contributed by atoms with Gasteiger partial charge in [-0.2, -0.15) is 4.31 Å². The van der Waals surface area contributed by atoms with Crippen molar-refractivity contribution in [1.82, 2.24) is 4.31 Å². The molecule has 7 nitrogen and oxygen atoms in total. The summed E-state index contributed by atoms with van der Waals surface area (Å²) in [6.07, 6.45) is 2.77. The van der Waals surface area contributed by atoms with Gasteiger partial charge in [0, 0.05) is 12.6 Å². The maximum absolute atomic E-state index is 12.9. The van der Waals surface area contributed by atoms with Crippen LogP contribution in [-0.2, 0) is 14.8 Å². The molecule has 30 heavy (non-hydrogen) atoms. The zero-order valence-corrected chi connectivity index (χ0v) is 18.1. The fourth-order valence-corrected chi connectivity index (χ4v) is 5.08. The number of piperidine rings is 1. The largest absolute Gasteiger partial charge is 0.497 e. The van der Waals surface area contributed by atoms with Gasteiger partial charge in [0.2, 0.25) is 10.0 Å². The van der Waals surface area contributed by atoms with Gasteiger partial charge >= 0.3 is 5.97 Å². The number of carbonyl (C=O) groups is 1. The number of esters is 1. The summed E-state index contributed by atoms with van der Waals surface area (Å²) in [5.41, 5.74) is 0.296. The molecular weight excluding hydrogens is 406 g/mol. The standard InChI is InChI=1S/C22H27NO6S/c1-17-5-3-4-14-23(17)30(25,26)21-12-6-18(7-13-21)22(24)29-16-15-28-20-10-8-19(27-2)9-11-20/h6-13,17H,3-5,14-16H2,1-2H3. The van der Waals surface area contributed by atoms with Crippen LogP contribution in [0.3, 0.4) is 0 Å². The molecule has 0 aliphatic carbocycles. The Hall–Kier alpha value is -2.58. The molecule has 0 saturated carbocycles. The van der Waals surface area contributed by atoms with Crippen LogP contribution >= 0.6 is 0 Å². The van der Waals surface area contributed by atoms with Crippen molar-refractivity contribution in [3.63, 3.8) is 0 Å². The van der Waals surface area contributed by atoms with E-state index in [1.54, 1.807) is 35.7 Å². The summed E-state index contributed by atoms with van der Waals surface area (Å²) in [5, 5.41) is 0. The Morgan fingerprint density at radius 1 is 1.00 bits per heavy atom. The second-order valence-corrected chi connectivity index (χ2v) is 9.04. The first-order valence-electron chi connectivity index (χ1n) is 9.97. The van der Waals surface area contributed by atoms with Crippen LogP contribution in [-0.4, -0.2) is 51.6 Å². The summed E-state index contributed by atoms with van der Waals surface area (Å²) in [7, 11) is -1.97. The minimum atomic E-state index is -3.56. The number of rotatable bonds is 8. The molecule has 0 spiro atoms. The lowest BCUT2D eigenvalue weighted by molar-refractivity contribution is 0.0450. The van der Waals surface area contributed by atoms with E-state index in [1.165, 1.54) is 24.3 Å². The molecule has 8 heteroatoms. The molecule has 1 saturated heterocycles. The van der Waals surface area contributed by atoms with Crippen LogP contribution in [0.25, 0.3) is 0 Å². The minimum Gasteiger partial charge on any atom is -0.497 e. The van der Waals surface area contributed by atoms with Gasteiger partial charge < -0.3 is 14.2 Å². The summed E-state index contributed by atoms with van der Waals surface area (Å²) in [4.78, 5) is 12.4. The van der Waals surface area contributed by atoms with Crippen molar-refractivity contribution in [3.8, 4) is 11.5 Å². The first-order valence-corrected chi connectivity index (χ1v) is 11.4. The highest BCUT2D eigenvalue weighted by molar-refractivity contribution is 7.89. The number of ether oxygens (including phenoxy) is 3. The van der Waals surface area contributed by atoms with Gasteiger partial charge in [0.05, 0.1) is 17.6 Å². The summed E-state index contributed by atoms with van der Waals surface area (Å²) >= 11 is 0. The lowest BCUT2D eigenvalue weighted by Crippen LogP contribution is -2.41. The molecule has 0 N–H and O–H groups in total. The van der Waals surface area contributed by atoms with Crippen LogP contribution in [0.15, 0.2) is 53.4 Å². The van der Waals surface area contributed by atoms with Crippen LogP contribution in [0.5, 0.6) is 11.5 Å². The molecule has 1 fully saturated rings. The van der Waals surface area contributed by atoms with Crippen molar-refractivity contribution in [2.45, 2.75) is 37.1 Å². The van der Waals surface area contributed by atoms with E-state index >= 15 is 0 Å². The summed E-state index contributed by atoms with van der Waals surface area (Å²) in [6.45, 7) is 2.74. The Bertz CT molecular complexity index is 941. The maximum atomic E-state index is 12.9. The number of hydrogen-bond donors (Lipinski definition) is 0. The van der Waals surface area contributed by atoms with E-state index in [9.17, 15) is 13.2 Å². The van der Waals surface area contributed by atoms with Crippen LogP contribution in [0.1, 0.15) is 36.5 Å². The maximum Gasteiger partial charge on any atom is 0.338 e. The second kappa shape index (κ2) is 9.95. The first-order chi connectivity index (χ1) is 14.4. The summed E-state index contributed by atoms with van der Waals surface area (Å²) in [6, 6.07) is 13.0. The van der Waals surface area contributed by atoms with E-state index in [-0.39, 0.29) is 24.2 Å². The smallest absolute Gasteiger partial charge is 0.338 e. The molecule has 1 aliphatic heterocycles.